The molecular weight excluding hydrogens is 254 g/mol. The summed E-state index contributed by atoms with van der Waals surface area (Å²) in [7, 11) is 0. The molecule has 106 valence electrons. The summed E-state index contributed by atoms with van der Waals surface area (Å²) in [6.45, 7) is 3.19. The SMILES string of the molecule is Nc1nc(N2CC[C@@H]3NCCC[C@@H]3C2)c2[nH]cnc2n1. The molecule has 0 spiro atoms. The number of nitrogen functional groups attached to an aromatic ring is 1. The molecule has 2 aromatic rings. The van der Waals surface area contributed by atoms with Crippen LogP contribution in [0.1, 0.15) is 19.3 Å². The number of aromatic amines is 1. The summed E-state index contributed by atoms with van der Waals surface area (Å²) in [5.41, 5.74) is 7.35. The topological polar surface area (TPSA) is 95.8 Å². The molecule has 0 unspecified atom stereocenters. The zero-order valence-electron chi connectivity index (χ0n) is 11.3. The van der Waals surface area contributed by atoms with E-state index in [0.717, 1.165) is 37.4 Å². The number of imidazole rings is 1. The molecule has 20 heavy (non-hydrogen) atoms. The first-order valence-electron chi connectivity index (χ1n) is 7.26. The molecule has 7 nitrogen and oxygen atoms in total. The summed E-state index contributed by atoms with van der Waals surface area (Å²) in [6.07, 6.45) is 5.36. The van der Waals surface area contributed by atoms with Crippen LogP contribution in [0.2, 0.25) is 0 Å². The van der Waals surface area contributed by atoms with Crippen molar-refractivity contribution in [2.24, 2.45) is 5.92 Å². The van der Waals surface area contributed by atoms with Crippen LogP contribution in [0.4, 0.5) is 11.8 Å². The van der Waals surface area contributed by atoms with Gasteiger partial charge in [0, 0.05) is 19.1 Å². The number of nitrogens with zero attached hydrogens (tertiary/aromatic N) is 4. The van der Waals surface area contributed by atoms with Crippen molar-refractivity contribution in [1.29, 1.82) is 0 Å². The van der Waals surface area contributed by atoms with Gasteiger partial charge < -0.3 is 20.9 Å². The van der Waals surface area contributed by atoms with Gasteiger partial charge in [-0.3, -0.25) is 0 Å². The monoisotopic (exact) mass is 273 g/mol. The smallest absolute Gasteiger partial charge is 0.224 e. The standard InChI is InChI=1S/C13H19N7/c14-13-18-11-10(16-7-17-11)12(19-13)20-5-3-9-8(6-20)2-1-4-15-9/h7-9,15H,1-6H2,(H3,14,16,17,18,19)/t8-,9+/m1/s1. The Morgan fingerprint density at radius 2 is 2.25 bits per heavy atom. The Labute approximate surface area is 117 Å². The minimum Gasteiger partial charge on any atom is -0.368 e. The van der Waals surface area contributed by atoms with E-state index < -0.39 is 0 Å². The molecule has 4 N–H and O–H groups in total. The third-order valence-electron chi connectivity index (χ3n) is 4.48. The minimum atomic E-state index is 0.295. The number of hydrogen-bond donors (Lipinski definition) is 3. The molecule has 2 aliphatic heterocycles. The summed E-state index contributed by atoms with van der Waals surface area (Å²) >= 11 is 0. The Kier molecular flexibility index (Phi) is 2.73. The van der Waals surface area contributed by atoms with E-state index in [4.69, 9.17) is 5.73 Å². The van der Waals surface area contributed by atoms with Gasteiger partial charge in [-0.2, -0.15) is 9.97 Å². The van der Waals surface area contributed by atoms with E-state index in [2.05, 4.69) is 30.2 Å². The lowest BCUT2D eigenvalue weighted by molar-refractivity contribution is 0.244. The van der Waals surface area contributed by atoms with Gasteiger partial charge in [0.1, 0.15) is 5.52 Å². The van der Waals surface area contributed by atoms with Crippen molar-refractivity contribution < 1.29 is 0 Å². The zero-order chi connectivity index (χ0) is 13.5. The zero-order valence-corrected chi connectivity index (χ0v) is 11.3. The van der Waals surface area contributed by atoms with Gasteiger partial charge in [-0.15, -0.1) is 0 Å². The fourth-order valence-corrected chi connectivity index (χ4v) is 3.50. The normalized spacial score (nSPS) is 26.7. The summed E-state index contributed by atoms with van der Waals surface area (Å²) in [5.74, 6) is 1.89. The highest BCUT2D eigenvalue weighted by Gasteiger charge is 2.32. The van der Waals surface area contributed by atoms with E-state index in [1.165, 1.54) is 12.8 Å². The molecule has 7 heteroatoms. The number of rotatable bonds is 1. The first kappa shape index (κ1) is 11.9. The van der Waals surface area contributed by atoms with E-state index >= 15 is 0 Å². The summed E-state index contributed by atoms with van der Waals surface area (Å²) in [6, 6.07) is 0.663. The molecular formula is C13H19N7. The largest absolute Gasteiger partial charge is 0.368 e. The lowest BCUT2D eigenvalue weighted by Gasteiger charge is -2.42. The quantitative estimate of drug-likeness (QED) is 0.701. The second-order valence-corrected chi connectivity index (χ2v) is 5.70. The second kappa shape index (κ2) is 4.59. The Morgan fingerprint density at radius 3 is 3.20 bits per heavy atom. The van der Waals surface area contributed by atoms with Gasteiger partial charge >= 0.3 is 0 Å². The molecule has 2 atom stereocenters. The van der Waals surface area contributed by atoms with Crippen molar-refractivity contribution in [2.75, 3.05) is 30.3 Å². The number of hydrogen-bond acceptors (Lipinski definition) is 6. The first-order chi connectivity index (χ1) is 9.81. The second-order valence-electron chi connectivity index (χ2n) is 5.70. The lowest BCUT2D eigenvalue weighted by Crippen LogP contribution is -2.52. The van der Waals surface area contributed by atoms with Gasteiger partial charge in [0.15, 0.2) is 11.5 Å². The van der Waals surface area contributed by atoms with Gasteiger partial charge in [0.05, 0.1) is 6.33 Å². The molecule has 2 fully saturated rings. The maximum atomic E-state index is 5.81. The van der Waals surface area contributed by atoms with E-state index in [1.807, 2.05) is 0 Å². The van der Waals surface area contributed by atoms with Crippen LogP contribution in [-0.4, -0.2) is 45.6 Å². The molecule has 0 aromatic carbocycles. The number of piperidine rings is 2. The van der Waals surface area contributed by atoms with Crippen molar-refractivity contribution in [3.63, 3.8) is 0 Å². The first-order valence-corrected chi connectivity index (χ1v) is 7.26. The molecule has 2 aliphatic rings. The van der Waals surface area contributed by atoms with Gasteiger partial charge in [-0.25, -0.2) is 4.98 Å². The van der Waals surface area contributed by atoms with Crippen molar-refractivity contribution in [1.82, 2.24) is 25.3 Å². The Hall–Kier alpha value is -1.89. The maximum Gasteiger partial charge on any atom is 0.224 e. The molecule has 2 aromatic heterocycles. The molecule has 4 heterocycles. The van der Waals surface area contributed by atoms with Crippen LogP contribution in [0.25, 0.3) is 11.2 Å². The molecule has 4 rings (SSSR count). The van der Waals surface area contributed by atoms with Crippen molar-refractivity contribution >= 4 is 22.9 Å². The van der Waals surface area contributed by atoms with Crippen LogP contribution in [-0.2, 0) is 0 Å². The lowest BCUT2D eigenvalue weighted by atomic mass is 9.85. The van der Waals surface area contributed by atoms with Gasteiger partial charge in [0.25, 0.3) is 0 Å². The number of nitrogens with one attached hydrogen (secondary N) is 2. The Bertz CT molecular complexity index is 622. The number of H-pyrrole nitrogens is 1. The predicted molar refractivity (Wildman–Crippen MR) is 77.4 cm³/mol. The van der Waals surface area contributed by atoms with Crippen molar-refractivity contribution in [2.45, 2.75) is 25.3 Å². The van der Waals surface area contributed by atoms with E-state index in [0.29, 0.717) is 23.6 Å². The van der Waals surface area contributed by atoms with Crippen LogP contribution < -0.4 is 16.0 Å². The number of anilines is 2. The highest BCUT2D eigenvalue weighted by atomic mass is 15.2. The Morgan fingerprint density at radius 1 is 1.30 bits per heavy atom. The number of nitrogens with two attached hydrogens (primary N) is 1. The van der Waals surface area contributed by atoms with Crippen molar-refractivity contribution in [3.05, 3.63) is 6.33 Å². The number of fused-ring (bicyclic) bond motifs is 2. The molecule has 0 saturated carbocycles. The third kappa shape index (κ3) is 1.89. The van der Waals surface area contributed by atoms with Gasteiger partial charge in [0.2, 0.25) is 5.95 Å². The highest BCUT2D eigenvalue weighted by molar-refractivity contribution is 5.84. The molecule has 0 radical (unpaired) electrons. The van der Waals surface area contributed by atoms with Crippen LogP contribution in [0.5, 0.6) is 0 Å². The minimum absolute atomic E-state index is 0.295. The molecule has 0 amide bonds. The molecule has 0 aliphatic carbocycles. The summed E-state index contributed by atoms with van der Waals surface area (Å²) < 4.78 is 0. The fourth-order valence-electron chi connectivity index (χ4n) is 3.50. The van der Waals surface area contributed by atoms with Gasteiger partial charge in [-0.05, 0) is 31.7 Å². The average Bonchev–Trinajstić information content (AvgIpc) is 2.94. The average molecular weight is 273 g/mol. The van der Waals surface area contributed by atoms with Crippen molar-refractivity contribution in [3.8, 4) is 0 Å². The fraction of sp³-hybridized carbons (Fsp3) is 0.615. The summed E-state index contributed by atoms with van der Waals surface area (Å²) in [4.78, 5) is 18.2. The molecule has 2 saturated heterocycles. The van der Waals surface area contributed by atoms with Crippen LogP contribution >= 0.6 is 0 Å². The Balaban J connectivity index is 1.67. The third-order valence-corrected chi connectivity index (χ3v) is 4.48. The van der Waals surface area contributed by atoms with Crippen LogP contribution in [0.15, 0.2) is 6.33 Å². The maximum absolute atomic E-state index is 5.81. The summed E-state index contributed by atoms with van der Waals surface area (Å²) in [5, 5.41) is 3.63. The predicted octanol–water partition coefficient (Wildman–Crippen LogP) is 0.513. The van der Waals surface area contributed by atoms with Gasteiger partial charge in [-0.1, -0.05) is 0 Å². The van der Waals surface area contributed by atoms with E-state index in [1.54, 1.807) is 6.33 Å². The highest BCUT2D eigenvalue weighted by Crippen LogP contribution is 2.30. The van der Waals surface area contributed by atoms with E-state index in [9.17, 15) is 0 Å². The molecule has 0 bridgehead atoms. The van der Waals surface area contributed by atoms with Crippen LogP contribution in [0, 0.1) is 5.92 Å². The van der Waals surface area contributed by atoms with E-state index in [-0.39, 0.29) is 0 Å². The van der Waals surface area contributed by atoms with Crippen LogP contribution in [0.3, 0.4) is 0 Å². The number of aromatic nitrogens is 4.